The third kappa shape index (κ3) is 21.1. The maximum Gasteiger partial charge on any atom is 0.303 e. The Labute approximate surface area is 186 Å². The van der Waals surface area contributed by atoms with Crippen molar-refractivity contribution in [1.82, 2.24) is 10.6 Å². The number of unbranched alkanes of at least 4 members (excludes halogenated alkanes) is 7. The van der Waals surface area contributed by atoms with Gasteiger partial charge in [-0.1, -0.05) is 45.1 Å². The molecule has 0 saturated carbocycles. The summed E-state index contributed by atoms with van der Waals surface area (Å²) in [6.45, 7) is 6.11. The van der Waals surface area contributed by atoms with Crippen LogP contribution in [0.5, 0.6) is 0 Å². The lowest BCUT2D eigenvalue weighted by Gasteiger charge is -2.08. The Kier molecular flexibility index (Phi) is 19.9. The molecule has 0 saturated heterocycles. The van der Waals surface area contributed by atoms with Crippen LogP contribution >= 0.6 is 0 Å². The lowest BCUT2D eigenvalue weighted by atomic mass is 10.1. The largest absolute Gasteiger partial charge is 0.481 e. The molecular formula is C22H41N3O6. The van der Waals surface area contributed by atoms with Crippen molar-refractivity contribution in [3.05, 3.63) is 12.2 Å². The van der Waals surface area contributed by atoms with Crippen LogP contribution in [0, 0.1) is 0 Å². The fourth-order valence-electron chi connectivity index (χ4n) is 2.77. The average molecular weight is 444 g/mol. The number of nitrogens with one attached hydrogen (secondary N) is 2. The van der Waals surface area contributed by atoms with E-state index in [0.717, 1.165) is 51.4 Å². The molecule has 0 aliphatic carbocycles. The van der Waals surface area contributed by atoms with Gasteiger partial charge in [0.15, 0.2) is 0 Å². The zero-order valence-electron chi connectivity index (χ0n) is 18.8. The van der Waals surface area contributed by atoms with E-state index in [4.69, 9.17) is 20.3 Å². The molecule has 180 valence electrons. The molecule has 0 atom stereocenters. The van der Waals surface area contributed by atoms with Crippen molar-refractivity contribution < 1.29 is 29.0 Å². The Morgan fingerprint density at radius 2 is 1.39 bits per heavy atom. The molecule has 0 aliphatic rings. The Morgan fingerprint density at radius 3 is 2.03 bits per heavy atom. The third-order valence-corrected chi connectivity index (χ3v) is 4.54. The van der Waals surface area contributed by atoms with Crippen LogP contribution in [0.15, 0.2) is 12.2 Å². The first-order valence-electron chi connectivity index (χ1n) is 11.3. The number of carbonyl (C=O) groups is 3. The van der Waals surface area contributed by atoms with Crippen molar-refractivity contribution in [3.8, 4) is 0 Å². The number of ether oxygens (including phenoxy) is 2. The van der Waals surface area contributed by atoms with Gasteiger partial charge in [0.25, 0.3) is 0 Å². The number of amides is 2. The number of aliphatic carboxylic acids is 1. The minimum absolute atomic E-state index is 0.00928. The highest BCUT2D eigenvalue weighted by atomic mass is 16.5. The predicted octanol–water partition coefficient (Wildman–Crippen LogP) is 1.75. The molecule has 9 nitrogen and oxygen atoms in total. The summed E-state index contributed by atoms with van der Waals surface area (Å²) in [5.74, 6) is -1.07. The molecule has 0 unspecified atom stereocenters. The SMILES string of the molecule is C=C(CCN)C(=O)NCCOCCOCC(=O)NCCCCCCCCCCC(=O)O. The molecule has 9 heteroatoms. The monoisotopic (exact) mass is 443 g/mol. The number of nitrogens with two attached hydrogens (primary N) is 1. The van der Waals surface area contributed by atoms with Crippen molar-refractivity contribution in [2.24, 2.45) is 5.73 Å². The van der Waals surface area contributed by atoms with Gasteiger partial charge in [0.05, 0.1) is 19.8 Å². The number of hydrogen-bond donors (Lipinski definition) is 4. The summed E-state index contributed by atoms with van der Waals surface area (Å²) in [6.07, 6.45) is 9.00. The first-order chi connectivity index (χ1) is 15.0. The van der Waals surface area contributed by atoms with Crippen LogP contribution in [0.25, 0.3) is 0 Å². The smallest absolute Gasteiger partial charge is 0.303 e. The van der Waals surface area contributed by atoms with Crippen molar-refractivity contribution in [1.29, 1.82) is 0 Å². The number of hydrogen-bond acceptors (Lipinski definition) is 6. The van der Waals surface area contributed by atoms with E-state index in [-0.39, 0.29) is 24.8 Å². The number of carboxylic acids is 1. The Morgan fingerprint density at radius 1 is 0.774 bits per heavy atom. The quantitative estimate of drug-likeness (QED) is 0.148. The summed E-state index contributed by atoms with van der Waals surface area (Å²) in [5, 5.41) is 14.1. The van der Waals surface area contributed by atoms with Crippen molar-refractivity contribution in [2.75, 3.05) is 46.1 Å². The van der Waals surface area contributed by atoms with E-state index in [9.17, 15) is 14.4 Å². The molecule has 31 heavy (non-hydrogen) atoms. The molecule has 0 aliphatic heterocycles. The standard InChI is InChI=1S/C22H41N3O6/c1-19(11-12-23)22(29)25-14-15-30-16-17-31-18-20(26)24-13-9-7-5-3-2-4-6-8-10-21(27)28/h1-18,23H2,(H,24,26)(H,25,29)(H,27,28). The van der Waals surface area contributed by atoms with Gasteiger partial charge in [-0.15, -0.1) is 0 Å². The molecule has 0 bridgehead atoms. The van der Waals surface area contributed by atoms with Crippen LogP contribution in [0.3, 0.4) is 0 Å². The summed E-state index contributed by atoms with van der Waals surface area (Å²) < 4.78 is 10.6. The molecule has 0 heterocycles. The second-order valence-electron chi connectivity index (χ2n) is 7.39. The molecule has 0 rings (SSSR count). The topological polar surface area (TPSA) is 140 Å². The zero-order chi connectivity index (χ0) is 23.2. The number of rotatable bonds is 22. The van der Waals surface area contributed by atoms with Gasteiger partial charge in [-0.3, -0.25) is 14.4 Å². The molecule has 5 N–H and O–H groups in total. The first kappa shape index (κ1) is 29.0. The molecule has 0 aromatic carbocycles. The zero-order valence-corrected chi connectivity index (χ0v) is 18.8. The lowest BCUT2D eigenvalue weighted by molar-refractivity contribution is -0.137. The minimum Gasteiger partial charge on any atom is -0.481 e. The van der Waals surface area contributed by atoms with E-state index in [0.29, 0.717) is 51.4 Å². The van der Waals surface area contributed by atoms with Gasteiger partial charge in [-0.25, -0.2) is 0 Å². The summed E-state index contributed by atoms with van der Waals surface area (Å²) >= 11 is 0. The van der Waals surface area contributed by atoms with Crippen LogP contribution in [0.1, 0.15) is 64.2 Å². The Bertz CT molecular complexity index is 513. The molecule has 0 radical (unpaired) electrons. The number of carbonyl (C=O) groups excluding carboxylic acids is 2. The van der Waals surface area contributed by atoms with Crippen LogP contribution in [0.4, 0.5) is 0 Å². The molecule has 0 fully saturated rings. The van der Waals surface area contributed by atoms with Gasteiger partial charge in [0.1, 0.15) is 6.61 Å². The molecule has 0 spiro atoms. The highest BCUT2D eigenvalue weighted by Crippen LogP contribution is 2.09. The second-order valence-corrected chi connectivity index (χ2v) is 7.39. The van der Waals surface area contributed by atoms with Crippen molar-refractivity contribution >= 4 is 17.8 Å². The van der Waals surface area contributed by atoms with Crippen LogP contribution in [0.2, 0.25) is 0 Å². The minimum atomic E-state index is -0.718. The summed E-state index contributed by atoms with van der Waals surface area (Å²) in [4.78, 5) is 33.6. The highest BCUT2D eigenvalue weighted by molar-refractivity contribution is 5.92. The van der Waals surface area contributed by atoms with Gasteiger partial charge in [0.2, 0.25) is 11.8 Å². The van der Waals surface area contributed by atoms with E-state index in [2.05, 4.69) is 17.2 Å². The Balaban J connectivity index is 3.31. The second kappa shape index (κ2) is 21.3. The summed E-state index contributed by atoms with van der Waals surface area (Å²) in [6, 6.07) is 0. The fourth-order valence-corrected chi connectivity index (χ4v) is 2.77. The van der Waals surface area contributed by atoms with E-state index >= 15 is 0 Å². The summed E-state index contributed by atoms with van der Waals surface area (Å²) in [5.41, 5.74) is 5.83. The van der Waals surface area contributed by atoms with Gasteiger partial charge >= 0.3 is 5.97 Å². The van der Waals surface area contributed by atoms with E-state index < -0.39 is 5.97 Å². The van der Waals surface area contributed by atoms with Crippen molar-refractivity contribution in [3.63, 3.8) is 0 Å². The van der Waals surface area contributed by atoms with Gasteiger partial charge in [-0.05, 0) is 25.8 Å². The van der Waals surface area contributed by atoms with E-state index in [1.54, 1.807) is 0 Å². The molecule has 2 amide bonds. The van der Waals surface area contributed by atoms with Gasteiger partial charge in [-0.2, -0.15) is 0 Å². The van der Waals surface area contributed by atoms with Gasteiger partial charge < -0.3 is 30.9 Å². The fraction of sp³-hybridized carbons (Fsp3) is 0.773. The summed E-state index contributed by atoms with van der Waals surface area (Å²) in [7, 11) is 0. The van der Waals surface area contributed by atoms with Crippen molar-refractivity contribution in [2.45, 2.75) is 64.2 Å². The van der Waals surface area contributed by atoms with Crippen LogP contribution in [-0.4, -0.2) is 69.0 Å². The molecular weight excluding hydrogens is 402 g/mol. The Hall–Kier alpha value is -1.97. The lowest BCUT2D eigenvalue weighted by Crippen LogP contribution is -2.30. The van der Waals surface area contributed by atoms with Crippen LogP contribution < -0.4 is 16.4 Å². The maximum atomic E-state index is 11.7. The highest BCUT2D eigenvalue weighted by Gasteiger charge is 2.05. The third-order valence-electron chi connectivity index (χ3n) is 4.54. The van der Waals surface area contributed by atoms with E-state index in [1.807, 2.05) is 0 Å². The first-order valence-corrected chi connectivity index (χ1v) is 11.3. The van der Waals surface area contributed by atoms with Crippen LogP contribution in [-0.2, 0) is 23.9 Å². The maximum absolute atomic E-state index is 11.7. The average Bonchev–Trinajstić information content (AvgIpc) is 2.73. The normalized spacial score (nSPS) is 10.6. The predicted molar refractivity (Wildman–Crippen MR) is 120 cm³/mol. The van der Waals surface area contributed by atoms with Gasteiger partial charge in [0, 0.05) is 25.1 Å². The van der Waals surface area contributed by atoms with E-state index in [1.165, 1.54) is 0 Å². The number of carboxylic acid groups (broad SMARTS) is 1. The molecule has 0 aromatic rings. The molecule has 0 aromatic heterocycles.